The third kappa shape index (κ3) is 9.53. The first-order chi connectivity index (χ1) is 23.6. The van der Waals surface area contributed by atoms with Gasteiger partial charge in [0.2, 0.25) is 5.88 Å². The van der Waals surface area contributed by atoms with E-state index in [1.165, 1.54) is 11.7 Å². The van der Waals surface area contributed by atoms with Crippen LogP contribution in [0.2, 0.25) is 5.02 Å². The molecular formula is C34H41ClFN11O2. The van der Waals surface area contributed by atoms with Gasteiger partial charge in [0.25, 0.3) is 0 Å². The molecule has 3 aromatic heterocycles. The lowest BCUT2D eigenvalue weighted by Gasteiger charge is -2.20. The zero-order chi connectivity index (χ0) is 34.9. The van der Waals surface area contributed by atoms with E-state index in [1.54, 1.807) is 36.5 Å². The molecule has 13 nitrogen and oxygen atoms in total. The van der Waals surface area contributed by atoms with Gasteiger partial charge in [0.15, 0.2) is 11.8 Å². The Kier molecular flexibility index (Phi) is 11.8. The van der Waals surface area contributed by atoms with Crippen LogP contribution >= 0.6 is 11.6 Å². The predicted molar refractivity (Wildman–Crippen MR) is 191 cm³/mol. The smallest absolute Gasteiger partial charge is 0.354 e. The molecular weight excluding hydrogens is 649 g/mol. The Morgan fingerprint density at radius 3 is 2.61 bits per heavy atom. The third-order valence-corrected chi connectivity index (χ3v) is 8.28. The first-order valence-corrected chi connectivity index (χ1v) is 16.4. The fourth-order valence-corrected chi connectivity index (χ4v) is 5.63. The number of guanidine groups is 1. The molecule has 3 heterocycles. The Bertz CT molecular complexity index is 1930. The quantitative estimate of drug-likeness (QED) is 0.0585. The highest BCUT2D eigenvalue weighted by Crippen LogP contribution is 2.31. The summed E-state index contributed by atoms with van der Waals surface area (Å²) in [7, 11) is 1.53. The summed E-state index contributed by atoms with van der Waals surface area (Å²) in [6, 6.07) is 16.4. The first kappa shape index (κ1) is 35.3. The van der Waals surface area contributed by atoms with E-state index in [4.69, 9.17) is 33.2 Å². The van der Waals surface area contributed by atoms with Crippen LogP contribution < -0.4 is 37.8 Å². The average Bonchev–Trinajstić information content (AvgIpc) is 3.49. The van der Waals surface area contributed by atoms with Crippen LogP contribution in [0.15, 0.2) is 65.6 Å². The molecule has 15 heteroatoms. The van der Waals surface area contributed by atoms with E-state index in [9.17, 15) is 4.79 Å². The van der Waals surface area contributed by atoms with Gasteiger partial charge in [0.05, 0.1) is 23.5 Å². The van der Waals surface area contributed by atoms with Crippen molar-refractivity contribution in [2.75, 3.05) is 25.5 Å². The minimum absolute atomic E-state index is 0.00231. The second-order valence-electron chi connectivity index (χ2n) is 11.9. The number of aromatic nitrogens is 5. The zero-order valence-electron chi connectivity index (χ0n) is 27.4. The maximum Gasteiger partial charge on any atom is 0.354 e. The van der Waals surface area contributed by atoms with Crippen molar-refractivity contribution >= 4 is 34.4 Å². The molecule has 0 unspecified atom stereocenters. The normalized spacial score (nSPS) is 12.5. The van der Waals surface area contributed by atoms with Gasteiger partial charge in [-0.2, -0.15) is 4.98 Å². The van der Waals surface area contributed by atoms with Crippen LogP contribution in [0.1, 0.15) is 37.3 Å². The molecule has 258 valence electrons. The van der Waals surface area contributed by atoms with Crippen molar-refractivity contribution in [2.45, 2.75) is 51.2 Å². The number of nitrogens with one attached hydrogen (secondary N) is 5. The van der Waals surface area contributed by atoms with E-state index >= 15 is 4.39 Å². The lowest BCUT2D eigenvalue weighted by molar-refractivity contribution is 0.392. The topological polar surface area (TPSA) is 198 Å². The van der Waals surface area contributed by atoms with Crippen LogP contribution in [0.5, 0.6) is 5.88 Å². The molecule has 9 N–H and O–H groups in total. The lowest BCUT2D eigenvalue weighted by Crippen LogP contribution is -2.40. The van der Waals surface area contributed by atoms with Crippen LogP contribution in [0.25, 0.3) is 28.0 Å². The number of anilines is 1. The van der Waals surface area contributed by atoms with Gasteiger partial charge < -0.3 is 37.1 Å². The summed E-state index contributed by atoms with van der Waals surface area (Å²) in [5.41, 5.74) is 14.6. The van der Waals surface area contributed by atoms with Crippen LogP contribution in [0, 0.1) is 11.2 Å². The van der Waals surface area contributed by atoms with Crippen LogP contribution in [0.3, 0.4) is 0 Å². The molecule has 0 aliphatic carbocycles. The number of ether oxygens (including phenoxy) is 1. The summed E-state index contributed by atoms with van der Waals surface area (Å²) in [5.74, 6) is 0.413. The van der Waals surface area contributed by atoms with Gasteiger partial charge in [0, 0.05) is 54.9 Å². The van der Waals surface area contributed by atoms with E-state index in [1.807, 2.05) is 31.2 Å². The molecule has 0 aliphatic heterocycles. The van der Waals surface area contributed by atoms with Crippen molar-refractivity contribution in [2.24, 2.45) is 11.5 Å². The molecule has 5 aromatic rings. The number of hydrogen-bond acceptors (Lipinski definition) is 9. The van der Waals surface area contributed by atoms with Gasteiger partial charge in [-0.05, 0) is 80.1 Å². The highest BCUT2D eigenvalue weighted by atomic mass is 35.5. The van der Waals surface area contributed by atoms with E-state index in [-0.39, 0.29) is 23.1 Å². The van der Waals surface area contributed by atoms with Crippen molar-refractivity contribution < 1.29 is 9.13 Å². The highest BCUT2D eigenvalue weighted by Gasteiger charge is 2.16. The summed E-state index contributed by atoms with van der Waals surface area (Å²) >= 11 is 6.26. The Morgan fingerprint density at radius 1 is 1.12 bits per heavy atom. The summed E-state index contributed by atoms with van der Waals surface area (Å²) in [4.78, 5) is 20.4. The minimum atomic E-state index is -0.536. The van der Waals surface area contributed by atoms with Gasteiger partial charge in [-0.1, -0.05) is 23.7 Å². The number of hydrogen-bond donors (Lipinski definition) is 7. The molecule has 0 bridgehead atoms. The van der Waals surface area contributed by atoms with Gasteiger partial charge >= 0.3 is 5.69 Å². The Labute approximate surface area is 288 Å². The molecule has 0 aliphatic rings. The number of fused-ring (bicyclic) bond motifs is 1. The Hall–Kier alpha value is -5.05. The van der Waals surface area contributed by atoms with Crippen molar-refractivity contribution in [3.63, 3.8) is 0 Å². The SMILES string of the molecule is COc1ccc(NC[C@@H](CCNC(=N)N)NCc2ccc(-n3cc4cc(-c5cc(CCC[C@H](C)N)cc(Cl)c5F)[nH]c4nc3=O)cc2)nn1. The monoisotopic (exact) mass is 689 g/mol. The largest absolute Gasteiger partial charge is 0.480 e. The zero-order valence-corrected chi connectivity index (χ0v) is 28.1. The number of methoxy groups -OCH3 is 1. The fourth-order valence-electron chi connectivity index (χ4n) is 5.38. The molecule has 0 saturated carbocycles. The van der Waals surface area contributed by atoms with E-state index < -0.39 is 11.5 Å². The van der Waals surface area contributed by atoms with Gasteiger partial charge in [-0.15, -0.1) is 10.2 Å². The number of aromatic amines is 1. The fraction of sp³-hybridized carbons (Fsp3) is 0.324. The maximum absolute atomic E-state index is 15.2. The van der Waals surface area contributed by atoms with Gasteiger partial charge in [0.1, 0.15) is 11.5 Å². The van der Waals surface area contributed by atoms with Gasteiger partial charge in [-0.25, -0.2) is 9.18 Å². The summed E-state index contributed by atoms with van der Waals surface area (Å²) in [6.45, 7) is 3.57. The second-order valence-corrected chi connectivity index (χ2v) is 12.3. The number of H-pyrrole nitrogens is 1. The Balaban J connectivity index is 1.28. The van der Waals surface area contributed by atoms with Crippen molar-refractivity contribution in [3.05, 3.63) is 93.2 Å². The molecule has 2 aromatic carbocycles. The van der Waals surface area contributed by atoms with Crippen LogP contribution in [-0.2, 0) is 13.0 Å². The second kappa shape index (κ2) is 16.4. The van der Waals surface area contributed by atoms with Crippen molar-refractivity contribution in [1.29, 1.82) is 5.41 Å². The van der Waals surface area contributed by atoms with E-state index in [0.29, 0.717) is 65.7 Å². The highest BCUT2D eigenvalue weighted by molar-refractivity contribution is 6.31. The molecule has 0 amide bonds. The molecule has 5 rings (SSSR count). The van der Waals surface area contributed by atoms with Crippen LogP contribution in [0.4, 0.5) is 10.2 Å². The molecule has 0 saturated heterocycles. The Morgan fingerprint density at radius 2 is 1.92 bits per heavy atom. The number of rotatable bonds is 16. The lowest BCUT2D eigenvalue weighted by atomic mass is 10.0. The summed E-state index contributed by atoms with van der Waals surface area (Å²) in [6.07, 6.45) is 4.80. The van der Waals surface area contributed by atoms with Gasteiger partial charge in [-0.3, -0.25) is 9.98 Å². The van der Waals surface area contributed by atoms with Crippen molar-refractivity contribution in [3.8, 4) is 22.8 Å². The summed E-state index contributed by atoms with van der Waals surface area (Å²) < 4.78 is 21.7. The van der Waals surface area contributed by atoms with E-state index in [2.05, 4.69) is 36.1 Å². The number of aryl methyl sites for hydroxylation is 1. The van der Waals surface area contributed by atoms with E-state index in [0.717, 1.165) is 30.4 Å². The molecule has 49 heavy (non-hydrogen) atoms. The maximum atomic E-state index is 15.2. The number of halogens is 2. The summed E-state index contributed by atoms with van der Waals surface area (Å²) in [5, 5.41) is 25.9. The minimum Gasteiger partial charge on any atom is -0.480 e. The predicted octanol–water partition coefficient (Wildman–Crippen LogP) is 4.09. The first-order valence-electron chi connectivity index (χ1n) is 16.0. The number of benzene rings is 2. The standard InChI is InChI=1S/C34H41ClFN11O2/c1-20(37)4-3-5-22-14-26(31(36)27(35)15-22)28-16-23-19-47(34(48)44-32(23)43-28)25-8-6-21(7-9-25)17-41-24(12-13-40-33(38)39)18-42-29-10-11-30(49-2)46-45-29/h6-11,14-16,19-20,24,41H,3-5,12-13,17-18,37H2,1-2H3,(H,42,45)(H4,38,39,40)(H,43,44,48)/t20-,24+/m0/s1. The number of nitrogens with zero attached hydrogens (tertiary/aromatic N) is 4. The third-order valence-electron chi connectivity index (χ3n) is 8.01. The molecule has 2 atom stereocenters. The molecule has 0 fully saturated rings. The molecule has 0 radical (unpaired) electrons. The van der Waals surface area contributed by atoms with Crippen LogP contribution in [-0.4, -0.2) is 63.0 Å². The molecule has 0 spiro atoms. The number of nitrogens with two attached hydrogens (primary N) is 2. The van der Waals surface area contributed by atoms with Crippen molar-refractivity contribution in [1.82, 2.24) is 35.4 Å². The average molecular weight is 690 g/mol.